The molecule has 0 spiro atoms. The minimum Gasteiger partial charge on any atom is -0.379 e. The molecule has 0 bridgehead atoms. The second-order valence-electron chi connectivity index (χ2n) is 3.81. The van der Waals surface area contributed by atoms with Gasteiger partial charge in [-0.2, -0.15) is 0 Å². The van der Waals surface area contributed by atoms with Crippen molar-refractivity contribution in [1.82, 2.24) is 4.90 Å². The summed E-state index contributed by atoms with van der Waals surface area (Å²) in [5.74, 6) is 0. The van der Waals surface area contributed by atoms with Crippen LogP contribution in [0.25, 0.3) is 0 Å². The summed E-state index contributed by atoms with van der Waals surface area (Å²) in [6.45, 7) is 6.92. The molecule has 0 aliphatic heterocycles. The first-order valence-electron chi connectivity index (χ1n) is 4.45. The number of methoxy groups -OCH3 is 1. The van der Waals surface area contributed by atoms with E-state index in [4.69, 9.17) is 10.5 Å². The van der Waals surface area contributed by atoms with Gasteiger partial charge in [-0.3, -0.25) is 0 Å². The third kappa shape index (κ3) is 5.52. The Bertz CT molecular complexity index is 115. The highest BCUT2D eigenvalue weighted by Gasteiger charge is 2.16. The molecule has 0 saturated carbocycles. The molecule has 0 fully saturated rings. The minimum absolute atomic E-state index is 0.0111. The van der Waals surface area contributed by atoms with E-state index in [9.17, 15) is 0 Å². The number of hydrogen-bond acceptors (Lipinski definition) is 3. The van der Waals surface area contributed by atoms with Crippen molar-refractivity contribution in [1.29, 1.82) is 0 Å². The first-order valence-corrected chi connectivity index (χ1v) is 4.45. The van der Waals surface area contributed by atoms with Crippen molar-refractivity contribution in [2.45, 2.75) is 25.9 Å². The van der Waals surface area contributed by atoms with Crippen LogP contribution in [-0.4, -0.2) is 44.3 Å². The first-order chi connectivity index (χ1) is 5.52. The third-order valence-electron chi connectivity index (χ3n) is 2.16. The molecular formula is C9H22N2O. The van der Waals surface area contributed by atoms with E-state index in [1.165, 1.54) is 0 Å². The Balaban J connectivity index is 3.52. The lowest BCUT2D eigenvalue weighted by Crippen LogP contribution is -2.32. The lowest BCUT2D eigenvalue weighted by atomic mass is 10.1. The summed E-state index contributed by atoms with van der Waals surface area (Å²) in [4.78, 5) is 2.22. The molecule has 0 atom stereocenters. The Morgan fingerprint density at radius 1 is 1.33 bits per heavy atom. The Labute approximate surface area is 75.9 Å². The maximum Gasteiger partial charge on any atom is 0.0634 e. The van der Waals surface area contributed by atoms with Gasteiger partial charge in [-0.15, -0.1) is 0 Å². The van der Waals surface area contributed by atoms with E-state index < -0.39 is 0 Å². The molecule has 0 aliphatic carbocycles. The second kappa shape index (κ2) is 5.51. The molecule has 0 aliphatic rings. The minimum atomic E-state index is -0.0111. The normalized spacial score (nSPS) is 12.5. The Morgan fingerprint density at radius 3 is 2.33 bits per heavy atom. The van der Waals surface area contributed by atoms with Crippen LogP contribution in [0.4, 0.5) is 0 Å². The predicted molar refractivity (Wildman–Crippen MR) is 52.3 cm³/mol. The van der Waals surface area contributed by atoms with Crippen molar-refractivity contribution in [3.8, 4) is 0 Å². The average Bonchev–Trinajstić information content (AvgIpc) is 2.02. The van der Waals surface area contributed by atoms with E-state index in [0.717, 1.165) is 26.1 Å². The molecule has 3 heteroatoms. The molecule has 0 aromatic rings. The van der Waals surface area contributed by atoms with Gasteiger partial charge in [0.25, 0.3) is 0 Å². The highest BCUT2D eigenvalue weighted by molar-refractivity contribution is 4.69. The molecule has 0 aromatic carbocycles. The average molecular weight is 174 g/mol. The van der Waals surface area contributed by atoms with Crippen molar-refractivity contribution >= 4 is 0 Å². The van der Waals surface area contributed by atoms with Gasteiger partial charge in [-0.25, -0.2) is 0 Å². The maximum atomic E-state index is 5.43. The first kappa shape index (κ1) is 11.9. The molecule has 0 unspecified atom stereocenters. The van der Waals surface area contributed by atoms with Crippen LogP contribution in [0.1, 0.15) is 20.3 Å². The Hall–Kier alpha value is -0.120. The van der Waals surface area contributed by atoms with Crippen LogP contribution in [0.15, 0.2) is 0 Å². The quantitative estimate of drug-likeness (QED) is 0.644. The van der Waals surface area contributed by atoms with Crippen LogP contribution in [0.3, 0.4) is 0 Å². The van der Waals surface area contributed by atoms with Crippen molar-refractivity contribution < 1.29 is 4.74 Å². The number of hydrogen-bond donors (Lipinski definition) is 1. The molecule has 0 saturated heterocycles. The summed E-state index contributed by atoms with van der Waals surface area (Å²) >= 11 is 0. The summed E-state index contributed by atoms with van der Waals surface area (Å²) in [7, 11) is 3.83. The Morgan fingerprint density at radius 2 is 1.92 bits per heavy atom. The van der Waals surface area contributed by atoms with Crippen LogP contribution < -0.4 is 5.73 Å². The van der Waals surface area contributed by atoms with Gasteiger partial charge in [0, 0.05) is 26.7 Å². The van der Waals surface area contributed by atoms with Crippen LogP contribution in [0.2, 0.25) is 0 Å². The molecule has 0 heterocycles. The van der Waals surface area contributed by atoms with Gasteiger partial charge in [-0.1, -0.05) is 0 Å². The summed E-state index contributed by atoms with van der Waals surface area (Å²) in [5, 5.41) is 0. The molecule has 0 rings (SSSR count). The SMILES string of the molecule is COC(C)(C)CCN(C)CCN. The molecular weight excluding hydrogens is 152 g/mol. The molecule has 74 valence electrons. The number of nitrogens with zero attached hydrogens (tertiary/aromatic N) is 1. The molecule has 0 amide bonds. The molecule has 0 aromatic heterocycles. The number of ether oxygens (including phenoxy) is 1. The van der Waals surface area contributed by atoms with Crippen molar-refractivity contribution in [3.05, 3.63) is 0 Å². The fourth-order valence-electron chi connectivity index (χ4n) is 0.894. The summed E-state index contributed by atoms with van der Waals surface area (Å²) < 4.78 is 5.31. The largest absolute Gasteiger partial charge is 0.379 e. The molecule has 2 N–H and O–H groups in total. The van der Waals surface area contributed by atoms with Crippen LogP contribution in [0, 0.1) is 0 Å². The molecule has 12 heavy (non-hydrogen) atoms. The summed E-state index contributed by atoms with van der Waals surface area (Å²) in [6, 6.07) is 0. The third-order valence-corrected chi connectivity index (χ3v) is 2.16. The van der Waals surface area contributed by atoms with Gasteiger partial charge in [-0.05, 0) is 27.3 Å². The van der Waals surface area contributed by atoms with Gasteiger partial charge in [0.1, 0.15) is 0 Å². The zero-order valence-electron chi connectivity index (χ0n) is 8.76. The standard InChI is InChI=1S/C9H22N2O/c1-9(2,12-4)5-7-11(3)8-6-10/h5-8,10H2,1-4H3. The molecule has 3 nitrogen and oxygen atoms in total. The van der Waals surface area contributed by atoms with Gasteiger partial charge < -0.3 is 15.4 Å². The van der Waals surface area contributed by atoms with Crippen molar-refractivity contribution in [2.24, 2.45) is 5.73 Å². The number of rotatable bonds is 6. The fourth-order valence-corrected chi connectivity index (χ4v) is 0.894. The zero-order chi connectivity index (χ0) is 9.61. The second-order valence-corrected chi connectivity index (χ2v) is 3.81. The van der Waals surface area contributed by atoms with Crippen LogP contribution >= 0.6 is 0 Å². The zero-order valence-corrected chi connectivity index (χ0v) is 8.76. The van der Waals surface area contributed by atoms with E-state index in [1.54, 1.807) is 7.11 Å². The summed E-state index contributed by atoms with van der Waals surface area (Å²) in [6.07, 6.45) is 1.04. The van der Waals surface area contributed by atoms with Crippen LogP contribution in [0.5, 0.6) is 0 Å². The van der Waals surface area contributed by atoms with Gasteiger partial charge in [0.2, 0.25) is 0 Å². The molecule has 0 radical (unpaired) electrons. The van der Waals surface area contributed by atoms with E-state index in [0.29, 0.717) is 0 Å². The number of likely N-dealkylation sites (N-methyl/N-ethyl adjacent to an activating group) is 1. The lowest BCUT2D eigenvalue weighted by Gasteiger charge is -2.25. The van der Waals surface area contributed by atoms with E-state index in [1.807, 2.05) is 0 Å². The monoisotopic (exact) mass is 174 g/mol. The summed E-state index contributed by atoms with van der Waals surface area (Å²) in [5.41, 5.74) is 5.42. The van der Waals surface area contributed by atoms with Crippen molar-refractivity contribution in [3.63, 3.8) is 0 Å². The van der Waals surface area contributed by atoms with Crippen molar-refractivity contribution in [2.75, 3.05) is 33.8 Å². The Kier molecular flexibility index (Phi) is 5.46. The highest BCUT2D eigenvalue weighted by atomic mass is 16.5. The topological polar surface area (TPSA) is 38.5 Å². The maximum absolute atomic E-state index is 5.43. The van der Waals surface area contributed by atoms with E-state index in [-0.39, 0.29) is 5.60 Å². The van der Waals surface area contributed by atoms with E-state index >= 15 is 0 Å². The lowest BCUT2D eigenvalue weighted by molar-refractivity contribution is 0.00932. The van der Waals surface area contributed by atoms with Gasteiger partial charge >= 0.3 is 0 Å². The fraction of sp³-hybridized carbons (Fsp3) is 1.00. The highest BCUT2D eigenvalue weighted by Crippen LogP contribution is 2.12. The van der Waals surface area contributed by atoms with Crippen LogP contribution in [-0.2, 0) is 4.74 Å². The predicted octanol–water partition coefficient (Wildman–Crippen LogP) is 0.692. The van der Waals surface area contributed by atoms with Gasteiger partial charge in [0.15, 0.2) is 0 Å². The number of nitrogens with two attached hydrogens (primary N) is 1. The van der Waals surface area contributed by atoms with E-state index in [2.05, 4.69) is 25.8 Å². The smallest absolute Gasteiger partial charge is 0.0634 e. The van der Waals surface area contributed by atoms with Gasteiger partial charge in [0.05, 0.1) is 5.60 Å².